The van der Waals surface area contributed by atoms with Crippen LogP contribution in [0.1, 0.15) is 45.3 Å². The Morgan fingerprint density at radius 3 is 2.50 bits per heavy atom. The van der Waals surface area contributed by atoms with Gasteiger partial charge < -0.3 is 13.9 Å². The van der Waals surface area contributed by atoms with Crippen LogP contribution in [0.25, 0.3) is 0 Å². The topological polar surface area (TPSA) is 88.7 Å². The fraction of sp³-hybridized carbons (Fsp3) is 0.833. The van der Waals surface area contributed by atoms with Crippen LogP contribution in [0.2, 0.25) is 18.1 Å². The van der Waals surface area contributed by atoms with Gasteiger partial charge in [-0.3, -0.25) is 14.8 Å². The van der Waals surface area contributed by atoms with Crippen LogP contribution in [0.4, 0.5) is 5.69 Å². The molecule has 0 N–H and O–H groups in total. The Labute approximate surface area is 172 Å². The maximum Gasteiger partial charge on any atom is 0.352 e. The van der Waals surface area contributed by atoms with E-state index in [1.165, 1.54) is 0 Å². The Morgan fingerprint density at radius 2 is 1.96 bits per heavy atom. The monoisotopic (exact) mass is 433 g/mol. The largest absolute Gasteiger partial charge is 0.470 e. The molecule has 0 radical (unpaired) electrons. The first-order valence-electron chi connectivity index (χ1n) is 9.66. The first-order valence-corrected chi connectivity index (χ1v) is 13.0. The van der Waals surface area contributed by atoms with E-state index in [4.69, 9.17) is 25.5 Å². The van der Waals surface area contributed by atoms with Crippen molar-refractivity contribution >= 4 is 25.6 Å². The van der Waals surface area contributed by atoms with Gasteiger partial charge in [0.05, 0.1) is 22.9 Å². The zero-order chi connectivity index (χ0) is 21.1. The number of ether oxygens (including phenoxy) is 2. The summed E-state index contributed by atoms with van der Waals surface area (Å²) in [5, 5.41) is 15.6. The summed E-state index contributed by atoms with van der Waals surface area (Å²) in [5.41, 5.74) is 0.399. The molecule has 0 bridgehead atoms. The van der Waals surface area contributed by atoms with Gasteiger partial charge in [0.15, 0.2) is 8.32 Å². The lowest BCUT2D eigenvalue weighted by molar-refractivity contribution is -0.386. The SMILES string of the molecule is Cc1c([N+](=O)[O-])c(OCC(Cl)CO[Si](C)(C)C(C)(C)C)nn1C1CCOCC1. The molecule has 0 spiro atoms. The highest BCUT2D eigenvalue weighted by atomic mass is 35.5. The van der Waals surface area contributed by atoms with Crippen LogP contribution in [0.15, 0.2) is 0 Å². The van der Waals surface area contributed by atoms with E-state index in [0.717, 1.165) is 12.8 Å². The van der Waals surface area contributed by atoms with E-state index in [0.29, 0.717) is 25.5 Å². The van der Waals surface area contributed by atoms with E-state index in [-0.39, 0.29) is 29.3 Å². The molecule has 160 valence electrons. The predicted molar refractivity (Wildman–Crippen MR) is 111 cm³/mol. The van der Waals surface area contributed by atoms with Gasteiger partial charge >= 0.3 is 11.6 Å². The lowest BCUT2D eigenvalue weighted by atomic mass is 10.1. The number of hydrogen-bond acceptors (Lipinski definition) is 6. The zero-order valence-electron chi connectivity index (χ0n) is 17.7. The van der Waals surface area contributed by atoms with Crippen molar-refractivity contribution in [3.8, 4) is 5.88 Å². The Kier molecular flexibility index (Phi) is 7.52. The van der Waals surface area contributed by atoms with Crippen molar-refractivity contribution < 1.29 is 18.8 Å². The molecule has 1 aromatic rings. The van der Waals surface area contributed by atoms with Gasteiger partial charge in [-0.2, -0.15) is 0 Å². The molecule has 1 aliphatic rings. The minimum Gasteiger partial charge on any atom is -0.470 e. The normalized spacial score (nSPS) is 17.5. The highest BCUT2D eigenvalue weighted by molar-refractivity contribution is 6.74. The lowest BCUT2D eigenvalue weighted by Gasteiger charge is -2.36. The van der Waals surface area contributed by atoms with E-state index in [2.05, 4.69) is 39.0 Å². The molecule has 1 fully saturated rings. The molecule has 2 heterocycles. The second-order valence-corrected chi connectivity index (χ2v) is 14.2. The van der Waals surface area contributed by atoms with E-state index < -0.39 is 18.6 Å². The second-order valence-electron chi connectivity index (χ2n) is 8.76. The molecule has 28 heavy (non-hydrogen) atoms. The predicted octanol–water partition coefficient (Wildman–Crippen LogP) is 4.46. The summed E-state index contributed by atoms with van der Waals surface area (Å²) >= 11 is 6.37. The van der Waals surface area contributed by atoms with Gasteiger partial charge in [-0.15, -0.1) is 16.7 Å². The Hall–Kier alpha value is -1.16. The highest BCUT2D eigenvalue weighted by Crippen LogP contribution is 2.37. The van der Waals surface area contributed by atoms with Gasteiger partial charge in [0.1, 0.15) is 12.3 Å². The average Bonchev–Trinajstić information content (AvgIpc) is 2.94. The number of rotatable bonds is 8. The molecule has 0 saturated carbocycles. The molecule has 1 aliphatic heterocycles. The van der Waals surface area contributed by atoms with E-state index in [9.17, 15) is 10.1 Å². The number of aromatic nitrogens is 2. The molecule has 10 heteroatoms. The summed E-state index contributed by atoms with van der Waals surface area (Å²) < 4.78 is 18.8. The Balaban J connectivity index is 2.04. The maximum absolute atomic E-state index is 11.5. The fourth-order valence-corrected chi connectivity index (χ4v) is 4.09. The first kappa shape index (κ1) is 23.1. The Morgan fingerprint density at radius 1 is 1.36 bits per heavy atom. The quantitative estimate of drug-likeness (QED) is 0.260. The van der Waals surface area contributed by atoms with Crippen molar-refractivity contribution in [1.29, 1.82) is 0 Å². The van der Waals surface area contributed by atoms with Crippen LogP contribution in [-0.2, 0) is 9.16 Å². The molecular weight excluding hydrogens is 402 g/mol. The molecule has 8 nitrogen and oxygen atoms in total. The van der Waals surface area contributed by atoms with Crippen LogP contribution >= 0.6 is 11.6 Å². The van der Waals surface area contributed by atoms with Crippen molar-refractivity contribution in [3.63, 3.8) is 0 Å². The lowest BCUT2D eigenvalue weighted by Crippen LogP contribution is -2.42. The highest BCUT2D eigenvalue weighted by Gasteiger charge is 2.37. The molecule has 1 saturated heterocycles. The third-order valence-electron chi connectivity index (χ3n) is 5.64. The first-order chi connectivity index (χ1) is 12.9. The fourth-order valence-electron chi connectivity index (χ4n) is 2.81. The molecule has 0 aromatic carbocycles. The van der Waals surface area contributed by atoms with Crippen molar-refractivity contribution in [1.82, 2.24) is 9.78 Å². The average molecular weight is 434 g/mol. The van der Waals surface area contributed by atoms with Crippen LogP contribution in [0.5, 0.6) is 5.88 Å². The molecule has 1 atom stereocenters. The van der Waals surface area contributed by atoms with Gasteiger partial charge in [-0.25, -0.2) is 0 Å². The standard InChI is InChI=1S/C18H32ClN3O5Si/c1-13-16(22(23)24)17(20-21(13)15-7-9-25-10-8-15)26-11-14(19)12-27-28(5,6)18(2,3)4/h14-15H,7-12H2,1-6H3. The minimum absolute atomic E-state index is 0.0203. The summed E-state index contributed by atoms with van der Waals surface area (Å²) in [6, 6.07) is 0.0820. The van der Waals surface area contributed by atoms with Crippen LogP contribution in [-0.4, -0.2) is 54.8 Å². The molecule has 0 aliphatic carbocycles. The molecular formula is C18H32ClN3O5Si. The number of nitrogens with zero attached hydrogens (tertiary/aromatic N) is 3. The molecule has 1 unspecified atom stereocenters. The number of halogens is 1. The van der Waals surface area contributed by atoms with Crippen LogP contribution in [0.3, 0.4) is 0 Å². The number of alkyl halides is 1. The van der Waals surface area contributed by atoms with Gasteiger partial charge in [-0.1, -0.05) is 20.8 Å². The minimum atomic E-state index is -1.91. The number of nitro groups is 1. The van der Waals surface area contributed by atoms with E-state index in [1.54, 1.807) is 11.6 Å². The molecule has 2 rings (SSSR count). The molecule has 0 amide bonds. The van der Waals surface area contributed by atoms with Crippen molar-refractivity contribution in [2.75, 3.05) is 26.4 Å². The van der Waals surface area contributed by atoms with Crippen molar-refractivity contribution in [3.05, 3.63) is 15.8 Å². The van der Waals surface area contributed by atoms with Crippen LogP contribution in [0, 0.1) is 17.0 Å². The van der Waals surface area contributed by atoms with Crippen molar-refractivity contribution in [2.24, 2.45) is 0 Å². The summed E-state index contributed by atoms with van der Waals surface area (Å²) in [4.78, 5) is 11.1. The number of hydrogen-bond donors (Lipinski definition) is 0. The van der Waals surface area contributed by atoms with Gasteiger partial charge in [-0.05, 0) is 37.9 Å². The van der Waals surface area contributed by atoms with Gasteiger partial charge in [0.25, 0.3) is 0 Å². The van der Waals surface area contributed by atoms with Gasteiger partial charge in [0.2, 0.25) is 0 Å². The third kappa shape index (κ3) is 5.46. The maximum atomic E-state index is 11.5. The van der Waals surface area contributed by atoms with Crippen LogP contribution < -0.4 is 4.74 Å². The summed E-state index contributed by atoms with van der Waals surface area (Å²) in [6.07, 6.45) is 1.55. The zero-order valence-corrected chi connectivity index (χ0v) is 19.4. The summed E-state index contributed by atoms with van der Waals surface area (Å²) in [5.74, 6) is 0.0203. The summed E-state index contributed by atoms with van der Waals surface area (Å²) in [6.45, 7) is 14.2. The third-order valence-corrected chi connectivity index (χ3v) is 10.4. The second kappa shape index (κ2) is 9.11. The van der Waals surface area contributed by atoms with Gasteiger partial charge in [0, 0.05) is 13.2 Å². The smallest absolute Gasteiger partial charge is 0.352 e. The molecule has 1 aromatic heterocycles. The van der Waals surface area contributed by atoms with E-state index in [1.807, 2.05) is 0 Å². The van der Waals surface area contributed by atoms with Crippen molar-refractivity contribution in [2.45, 2.75) is 70.1 Å². The Bertz CT molecular complexity index is 683. The van der Waals surface area contributed by atoms with E-state index >= 15 is 0 Å². The summed E-state index contributed by atoms with van der Waals surface area (Å²) in [7, 11) is -1.91.